The molecule has 0 aliphatic rings. The molecule has 1 N–H and O–H groups in total. The van der Waals surface area contributed by atoms with Crippen molar-refractivity contribution in [1.82, 2.24) is 5.32 Å². The van der Waals surface area contributed by atoms with Crippen LogP contribution >= 0.6 is 0 Å². The zero-order chi connectivity index (χ0) is 14.3. The summed E-state index contributed by atoms with van der Waals surface area (Å²) in [5.74, 6) is 0.965. The Morgan fingerprint density at radius 2 is 1.79 bits per heavy atom. The number of benzene rings is 1. The predicted octanol–water partition coefficient (Wildman–Crippen LogP) is 4.56. The molecular formula is C17H29NO. The second kappa shape index (κ2) is 7.54. The van der Waals surface area contributed by atoms with E-state index in [1.807, 2.05) is 0 Å². The van der Waals surface area contributed by atoms with E-state index in [9.17, 15) is 0 Å². The molecule has 0 aliphatic carbocycles. The smallest absolute Gasteiger partial charge is 0.119 e. The normalized spacial score (nSPS) is 13.3. The van der Waals surface area contributed by atoms with Crippen molar-refractivity contribution in [3.8, 4) is 5.75 Å². The van der Waals surface area contributed by atoms with Crippen molar-refractivity contribution >= 4 is 0 Å². The minimum atomic E-state index is 0.391. The molecule has 0 aliphatic heterocycles. The van der Waals surface area contributed by atoms with Crippen molar-refractivity contribution in [1.29, 1.82) is 0 Å². The summed E-state index contributed by atoms with van der Waals surface area (Å²) in [7, 11) is 0. The fourth-order valence-corrected chi connectivity index (χ4v) is 1.85. The third-order valence-electron chi connectivity index (χ3n) is 3.18. The van der Waals surface area contributed by atoms with Crippen molar-refractivity contribution in [2.75, 3.05) is 13.2 Å². The third kappa shape index (κ3) is 6.63. The van der Waals surface area contributed by atoms with Crippen LogP contribution in [-0.4, -0.2) is 13.2 Å². The molecule has 0 radical (unpaired) electrons. The summed E-state index contributed by atoms with van der Waals surface area (Å²) < 4.78 is 5.60. The molecule has 1 unspecified atom stereocenters. The highest BCUT2D eigenvalue weighted by Gasteiger charge is 2.11. The lowest BCUT2D eigenvalue weighted by Crippen LogP contribution is -2.23. The van der Waals surface area contributed by atoms with Crippen molar-refractivity contribution < 1.29 is 4.74 Å². The second-order valence-corrected chi connectivity index (χ2v) is 6.40. The Morgan fingerprint density at radius 3 is 2.32 bits per heavy atom. The van der Waals surface area contributed by atoms with Crippen LogP contribution in [0.15, 0.2) is 24.3 Å². The summed E-state index contributed by atoms with van der Waals surface area (Å²) in [6.45, 7) is 13.0. The minimum Gasteiger partial charge on any atom is -0.494 e. The van der Waals surface area contributed by atoms with Crippen LogP contribution in [0.4, 0.5) is 0 Å². The average Bonchev–Trinajstić information content (AvgIpc) is 2.35. The zero-order valence-corrected chi connectivity index (χ0v) is 13.1. The highest BCUT2D eigenvalue weighted by Crippen LogP contribution is 2.20. The van der Waals surface area contributed by atoms with Gasteiger partial charge in [-0.3, -0.25) is 0 Å². The maximum Gasteiger partial charge on any atom is 0.119 e. The van der Waals surface area contributed by atoms with Gasteiger partial charge in [-0.2, -0.15) is 0 Å². The summed E-state index contributed by atoms with van der Waals surface area (Å²) in [4.78, 5) is 0. The molecule has 0 spiro atoms. The number of hydrogen-bond donors (Lipinski definition) is 1. The van der Waals surface area contributed by atoms with Crippen molar-refractivity contribution in [3.05, 3.63) is 29.8 Å². The van der Waals surface area contributed by atoms with Crippen LogP contribution in [0.25, 0.3) is 0 Å². The SMILES string of the molecule is CCCOc1ccc(C(C)NCCC(C)(C)C)cc1. The fraction of sp³-hybridized carbons (Fsp3) is 0.647. The van der Waals surface area contributed by atoms with Crippen molar-refractivity contribution in [2.24, 2.45) is 5.41 Å². The molecule has 1 aromatic carbocycles. The van der Waals surface area contributed by atoms with Crippen LogP contribution in [0.2, 0.25) is 0 Å². The average molecular weight is 263 g/mol. The molecule has 0 amide bonds. The van der Waals surface area contributed by atoms with Crippen molar-refractivity contribution in [2.45, 2.75) is 53.5 Å². The fourth-order valence-electron chi connectivity index (χ4n) is 1.85. The van der Waals surface area contributed by atoms with E-state index in [1.165, 1.54) is 12.0 Å². The van der Waals surface area contributed by atoms with E-state index in [4.69, 9.17) is 4.74 Å². The van der Waals surface area contributed by atoms with Crippen LogP contribution in [0.3, 0.4) is 0 Å². The molecule has 1 aromatic rings. The first-order chi connectivity index (χ1) is 8.92. The van der Waals surface area contributed by atoms with Crippen LogP contribution < -0.4 is 10.1 Å². The van der Waals surface area contributed by atoms with Gasteiger partial charge in [0.2, 0.25) is 0 Å². The van der Waals surface area contributed by atoms with Gasteiger partial charge < -0.3 is 10.1 Å². The van der Waals surface area contributed by atoms with Crippen LogP contribution in [0.5, 0.6) is 5.75 Å². The molecule has 0 heterocycles. The third-order valence-corrected chi connectivity index (χ3v) is 3.18. The second-order valence-electron chi connectivity index (χ2n) is 6.40. The van der Waals surface area contributed by atoms with E-state index in [0.29, 0.717) is 11.5 Å². The molecular weight excluding hydrogens is 234 g/mol. The molecule has 0 aromatic heterocycles. The van der Waals surface area contributed by atoms with Gasteiger partial charge in [0, 0.05) is 6.04 Å². The van der Waals surface area contributed by atoms with Gasteiger partial charge in [-0.05, 0) is 49.4 Å². The van der Waals surface area contributed by atoms with Gasteiger partial charge in [0.05, 0.1) is 6.61 Å². The van der Waals surface area contributed by atoms with Crippen molar-refractivity contribution in [3.63, 3.8) is 0 Å². The minimum absolute atomic E-state index is 0.391. The summed E-state index contributed by atoms with van der Waals surface area (Å²) in [6.07, 6.45) is 2.24. The van der Waals surface area contributed by atoms with E-state index >= 15 is 0 Å². The van der Waals surface area contributed by atoms with Crippen LogP contribution in [0.1, 0.15) is 59.1 Å². The summed E-state index contributed by atoms with van der Waals surface area (Å²) in [6, 6.07) is 8.82. The molecule has 0 bridgehead atoms. The highest BCUT2D eigenvalue weighted by atomic mass is 16.5. The maximum atomic E-state index is 5.60. The topological polar surface area (TPSA) is 21.3 Å². The van der Waals surface area contributed by atoms with E-state index < -0.39 is 0 Å². The Morgan fingerprint density at radius 1 is 1.16 bits per heavy atom. The molecule has 19 heavy (non-hydrogen) atoms. The van der Waals surface area contributed by atoms with Gasteiger partial charge in [0.15, 0.2) is 0 Å². The molecule has 108 valence electrons. The quantitative estimate of drug-likeness (QED) is 0.778. The van der Waals surface area contributed by atoms with Gasteiger partial charge in [0.25, 0.3) is 0 Å². The molecule has 1 atom stereocenters. The summed E-state index contributed by atoms with van der Waals surface area (Å²) in [5.41, 5.74) is 1.71. The lowest BCUT2D eigenvalue weighted by atomic mass is 9.92. The number of nitrogens with one attached hydrogen (secondary N) is 1. The zero-order valence-electron chi connectivity index (χ0n) is 13.1. The predicted molar refractivity (Wildman–Crippen MR) is 82.7 cm³/mol. The van der Waals surface area contributed by atoms with E-state index in [-0.39, 0.29) is 0 Å². The van der Waals surface area contributed by atoms with Crippen LogP contribution in [0, 0.1) is 5.41 Å². The monoisotopic (exact) mass is 263 g/mol. The number of hydrogen-bond acceptors (Lipinski definition) is 2. The molecule has 1 rings (SSSR count). The van der Waals surface area contributed by atoms with Gasteiger partial charge in [-0.25, -0.2) is 0 Å². The maximum absolute atomic E-state index is 5.60. The summed E-state index contributed by atoms with van der Waals surface area (Å²) in [5, 5.41) is 3.58. The molecule has 0 saturated carbocycles. The van der Waals surface area contributed by atoms with Gasteiger partial charge in [-0.15, -0.1) is 0 Å². The lowest BCUT2D eigenvalue weighted by molar-refractivity contribution is 0.317. The first-order valence-electron chi connectivity index (χ1n) is 7.38. The first kappa shape index (κ1) is 16.0. The van der Waals surface area contributed by atoms with Gasteiger partial charge in [0.1, 0.15) is 5.75 Å². The molecule has 0 fully saturated rings. The van der Waals surface area contributed by atoms with Gasteiger partial charge in [-0.1, -0.05) is 39.8 Å². The first-order valence-corrected chi connectivity index (χ1v) is 7.38. The van der Waals surface area contributed by atoms with Crippen LogP contribution in [-0.2, 0) is 0 Å². The summed E-state index contributed by atoms with van der Waals surface area (Å²) >= 11 is 0. The molecule has 0 saturated heterocycles. The molecule has 2 heteroatoms. The number of ether oxygens (including phenoxy) is 1. The lowest BCUT2D eigenvalue weighted by Gasteiger charge is -2.21. The standard InChI is InChI=1S/C17H29NO/c1-6-13-19-16-9-7-15(8-10-16)14(2)18-12-11-17(3,4)5/h7-10,14,18H,6,11-13H2,1-5H3. The Bertz CT molecular complexity index is 351. The highest BCUT2D eigenvalue weighted by molar-refractivity contribution is 5.28. The van der Waals surface area contributed by atoms with E-state index in [2.05, 4.69) is 64.2 Å². The van der Waals surface area contributed by atoms with E-state index in [1.54, 1.807) is 0 Å². The Hall–Kier alpha value is -1.02. The Labute approximate surface area is 118 Å². The largest absolute Gasteiger partial charge is 0.494 e. The Balaban J connectivity index is 2.42. The van der Waals surface area contributed by atoms with Gasteiger partial charge >= 0.3 is 0 Å². The van der Waals surface area contributed by atoms with E-state index in [0.717, 1.165) is 25.3 Å². The number of rotatable bonds is 7. The Kier molecular flexibility index (Phi) is 6.36. The molecule has 2 nitrogen and oxygen atoms in total.